The largest absolute Gasteiger partial charge is 0.239 e. The molecule has 66 valence electrons. The highest BCUT2D eigenvalue weighted by molar-refractivity contribution is 6.32. The lowest BCUT2D eigenvalue weighted by molar-refractivity contribution is 0.879. The molecule has 1 aromatic carbocycles. The van der Waals surface area contributed by atoms with Crippen LogP contribution in [0.3, 0.4) is 0 Å². The summed E-state index contributed by atoms with van der Waals surface area (Å²) in [5.41, 5.74) is 2.10. The van der Waals surface area contributed by atoms with Gasteiger partial charge in [0.15, 0.2) is 0 Å². The number of hydrogen-bond acceptors (Lipinski definition) is 1. The molecule has 13 heavy (non-hydrogen) atoms. The summed E-state index contributed by atoms with van der Waals surface area (Å²) >= 11 is 6.03. The molecule has 0 fully saturated rings. The maximum atomic E-state index is 6.03. The van der Waals surface area contributed by atoms with Gasteiger partial charge in [-0.25, -0.2) is 4.68 Å². The topological polar surface area (TPSA) is 17.8 Å². The van der Waals surface area contributed by atoms with Gasteiger partial charge < -0.3 is 0 Å². The Labute approximate surface area is 81.8 Å². The SMILES string of the molecule is Cc1ccc(Cl)c(-n2cccn2)c1. The van der Waals surface area contributed by atoms with E-state index in [9.17, 15) is 0 Å². The van der Waals surface area contributed by atoms with Gasteiger partial charge in [0.25, 0.3) is 0 Å². The Hall–Kier alpha value is -1.28. The van der Waals surface area contributed by atoms with Crippen molar-refractivity contribution in [3.63, 3.8) is 0 Å². The summed E-state index contributed by atoms with van der Waals surface area (Å²) in [5, 5.41) is 4.84. The Morgan fingerprint density at radius 3 is 2.92 bits per heavy atom. The van der Waals surface area contributed by atoms with Crippen LogP contribution < -0.4 is 0 Å². The van der Waals surface area contributed by atoms with Gasteiger partial charge in [-0.05, 0) is 30.7 Å². The van der Waals surface area contributed by atoms with Gasteiger partial charge in [-0.15, -0.1) is 0 Å². The highest BCUT2D eigenvalue weighted by Gasteiger charge is 2.01. The molecular formula is C10H9ClN2. The van der Waals surface area contributed by atoms with Crippen LogP contribution in [0.25, 0.3) is 5.69 Å². The Morgan fingerprint density at radius 2 is 2.23 bits per heavy atom. The molecule has 0 radical (unpaired) electrons. The van der Waals surface area contributed by atoms with E-state index in [1.807, 2.05) is 37.4 Å². The van der Waals surface area contributed by atoms with E-state index in [2.05, 4.69) is 5.10 Å². The van der Waals surface area contributed by atoms with Crippen LogP contribution in [-0.4, -0.2) is 9.78 Å². The zero-order valence-corrected chi connectivity index (χ0v) is 7.99. The molecule has 0 unspecified atom stereocenters. The second-order valence-electron chi connectivity index (χ2n) is 2.91. The zero-order valence-electron chi connectivity index (χ0n) is 7.24. The molecule has 0 aliphatic heterocycles. The first kappa shape index (κ1) is 8.32. The summed E-state index contributed by atoms with van der Waals surface area (Å²) < 4.78 is 1.76. The van der Waals surface area contributed by atoms with Crippen LogP contribution in [-0.2, 0) is 0 Å². The molecule has 0 bridgehead atoms. The number of nitrogens with zero attached hydrogens (tertiary/aromatic N) is 2. The van der Waals surface area contributed by atoms with Crippen molar-refractivity contribution in [3.8, 4) is 5.69 Å². The van der Waals surface area contributed by atoms with Crippen LogP contribution >= 0.6 is 11.6 Å². The smallest absolute Gasteiger partial charge is 0.0834 e. The van der Waals surface area contributed by atoms with Crippen molar-refractivity contribution < 1.29 is 0 Å². The zero-order chi connectivity index (χ0) is 9.26. The minimum Gasteiger partial charge on any atom is -0.239 e. The average molecular weight is 193 g/mol. The van der Waals surface area contributed by atoms with Crippen molar-refractivity contribution in [1.29, 1.82) is 0 Å². The van der Waals surface area contributed by atoms with Crippen LogP contribution in [0.1, 0.15) is 5.56 Å². The summed E-state index contributed by atoms with van der Waals surface area (Å²) in [4.78, 5) is 0. The van der Waals surface area contributed by atoms with Gasteiger partial charge in [0, 0.05) is 12.4 Å². The number of halogens is 1. The summed E-state index contributed by atoms with van der Waals surface area (Å²) in [5.74, 6) is 0. The Morgan fingerprint density at radius 1 is 1.38 bits per heavy atom. The summed E-state index contributed by atoms with van der Waals surface area (Å²) in [7, 11) is 0. The van der Waals surface area contributed by atoms with E-state index in [1.165, 1.54) is 5.56 Å². The first-order valence-electron chi connectivity index (χ1n) is 4.03. The molecule has 0 saturated heterocycles. The molecule has 0 aliphatic carbocycles. The predicted octanol–water partition coefficient (Wildman–Crippen LogP) is 2.83. The maximum Gasteiger partial charge on any atom is 0.0834 e. The highest BCUT2D eigenvalue weighted by Crippen LogP contribution is 2.20. The van der Waals surface area contributed by atoms with E-state index in [1.54, 1.807) is 10.9 Å². The summed E-state index contributed by atoms with van der Waals surface area (Å²) in [6, 6.07) is 7.75. The molecule has 2 rings (SSSR count). The number of aromatic nitrogens is 2. The lowest BCUT2D eigenvalue weighted by Crippen LogP contribution is -1.95. The van der Waals surface area contributed by atoms with Crippen LogP contribution in [0.15, 0.2) is 36.7 Å². The Balaban J connectivity index is 2.57. The predicted molar refractivity (Wildman–Crippen MR) is 53.3 cm³/mol. The van der Waals surface area contributed by atoms with Crippen molar-refractivity contribution in [1.82, 2.24) is 9.78 Å². The van der Waals surface area contributed by atoms with Gasteiger partial charge in [-0.3, -0.25) is 0 Å². The molecule has 0 N–H and O–H groups in total. The Bertz CT molecular complexity index is 407. The standard InChI is InChI=1S/C10H9ClN2/c1-8-3-4-9(11)10(7-8)13-6-2-5-12-13/h2-7H,1H3. The molecule has 1 aromatic heterocycles. The van der Waals surface area contributed by atoms with Crippen LogP contribution in [0, 0.1) is 6.92 Å². The number of hydrogen-bond donors (Lipinski definition) is 0. The fourth-order valence-corrected chi connectivity index (χ4v) is 1.41. The third-order valence-electron chi connectivity index (χ3n) is 1.85. The molecule has 1 heterocycles. The van der Waals surface area contributed by atoms with Crippen molar-refractivity contribution in [2.75, 3.05) is 0 Å². The summed E-state index contributed by atoms with van der Waals surface area (Å²) in [6.45, 7) is 2.03. The minimum atomic E-state index is 0.717. The lowest BCUT2D eigenvalue weighted by atomic mass is 10.2. The summed E-state index contributed by atoms with van der Waals surface area (Å²) in [6.07, 6.45) is 3.61. The molecule has 0 aliphatic rings. The fourth-order valence-electron chi connectivity index (χ4n) is 1.21. The van der Waals surface area contributed by atoms with E-state index in [0.717, 1.165) is 5.69 Å². The van der Waals surface area contributed by atoms with Gasteiger partial charge in [0.1, 0.15) is 0 Å². The molecule has 0 atom stereocenters. The lowest BCUT2D eigenvalue weighted by Gasteiger charge is -2.04. The molecule has 0 saturated carbocycles. The van der Waals surface area contributed by atoms with Gasteiger partial charge in [-0.1, -0.05) is 17.7 Å². The van der Waals surface area contributed by atoms with E-state index < -0.39 is 0 Å². The van der Waals surface area contributed by atoms with Crippen LogP contribution in [0.2, 0.25) is 5.02 Å². The molecule has 3 heteroatoms. The highest BCUT2D eigenvalue weighted by atomic mass is 35.5. The Kier molecular flexibility index (Phi) is 2.07. The third-order valence-corrected chi connectivity index (χ3v) is 2.17. The first-order valence-corrected chi connectivity index (χ1v) is 4.41. The quantitative estimate of drug-likeness (QED) is 0.680. The first-order chi connectivity index (χ1) is 6.27. The van der Waals surface area contributed by atoms with Crippen molar-refractivity contribution in [2.24, 2.45) is 0 Å². The normalized spacial score (nSPS) is 10.3. The van der Waals surface area contributed by atoms with Gasteiger partial charge in [0.2, 0.25) is 0 Å². The van der Waals surface area contributed by atoms with E-state index in [-0.39, 0.29) is 0 Å². The fraction of sp³-hybridized carbons (Fsp3) is 0.100. The van der Waals surface area contributed by atoms with Gasteiger partial charge >= 0.3 is 0 Å². The number of rotatable bonds is 1. The molecule has 0 spiro atoms. The van der Waals surface area contributed by atoms with Gasteiger partial charge in [-0.2, -0.15) is 5.10 Å². The molecule has 2 nitrogen and oxygen atoms in total. The third kappa shape index (κ3) is 1.58. The van der Waals surface area contributed by atoms with Gasteiger partial charge in [0.05, 0.1) is 10.7 Å². The van der Waals surface area contributed by atoms with E-state index in [0.29, 0.717) is 5.02 Å². The van der Waals surface area contributed by atoms with E-state index >= 15 is 0 Å². The molecular weight excluding hydrogens is 184 g/mol. The second kappa shape index (κ2) is 3.23. The monoisotopic (exact) mass is 192 g/mol. The number of benzene rings is 1. The van der Waals surface area contributed by atoms with Crippen molar-refractivity contribution in [2.45, 2.75) is 6.92 Å². The molecule has 0 amide bonds. The number of aryl methyl sites for hydroxylation is 1. The average Bonchev–Trinajstić information content (AvgIpc) is 2.61. The van der Waals surface area contributed by atoms with Crippen LogP contribution in [0.5, 0.6) is 0 Å². The van der Waals surface area contributed by atoms with E-state index in [4.69, 9.17) is 11.6 Å². The van der Waals surface area contributed by atoms with Crippen LogP contribution in [0.4, 0.5) is 0 Å². The molecule has 2 aromatic rings. The maximum absolute atomic E-state index is 6.03. The van der Waals surface area contributed by atoms with Crippen molar-refractivity contribution in [3.05, 3.63) is 47.2 Å². The minimum absolute atomic E-state index is 0.717. The second-order valence-corrected chi connectivity index (χ2v) is 3.31. The van der Waals surface area contributed by atoms with Crippen molar-refractivity contribution >= 4 is 11.6 Å².